The van der Waals surface area contributed by atoms with Crippen molar-refractivity contribution in [2.45, 2.75) is 19.6 Å². The molecular formula is C13H16N2O2. The van der Waals surface area contributed by atoms with E-state index in [0.717, 1.165) is 23.4 Å². The lowest BCUT2D eigenvalue weighted by Crippen LogP contribution is -2.41. The van der Waals surface area contributed by atoms with E-state index in [4.69, 9.17) is 15.1 Å². The fourth-order valence-electron chi connectivity index (χ4n) is 2.02. The van der Waals surface area contributed by atoms with Crippen LogP contribution in [0.2, 0.25) is 0 Å². The molecule has 0 bridgehead atoms. The van der Waals surface area contributed by atoms with Gasteiger partial charge in [0.2, 0.25) is 0 Å². The van der Waals surface area contributed by atoms with Gasteiger partial charge < -0.3 is 14.7 Å². The molecule has 4 nitrogen and oxygen atoms in total. The van der Waals surface area contributed by atoms with Crippen LogP contribution in [0.3, 0.4) is 0 Å². The summed E-state index contributed by atoms with van der Waals surface area (Å²) in [6.07, 6.45) is -0.346. The van der Waals surface area contributed by atoms with E-state index in [1.807, 2.05) is 25.1 Å². The molecular weight excluding hydrogens is 216 g/mol. The Hall–Kier alpha value is -1.57. The summed E-state index contributed by atoms with van der Waals surface area (Å²) in [6, 6.07) is 8.10. The minimum absolute atomic E-state index is 0.0655. The molecule has 17 heavy (non-hydrogen) atoms. The molecule has 1 aromatic carbocycles. The number of hydrogen-bond acceptors (Lipinski definition) is 4. The van der Waals surface area contributed by atoms with Crippen LogP contribution in [-0.4, -0.2) is 30.9 Å². The number of anilines is 1. The largest absolute Gasteiger partial charge is 0.392 e. The van der Waals surface area contributed by atoms with E-state index in [-0.39, 0.29) is 12.7 Å². The summed E-state index contributed by atoms with van der Waals surface area (Å²) in [4.78, 5) is 2.14. The summed E-state index contributed by atoms with van der Waals surface area (Å²) >= 11 is 0. The normalized spacial score (nSPS) is 20.1. The maximum absolute atomic E-state index is 9.12. The van der Waals surface area contributed by atoms with Crippen molar-refractivity contribution in [3.8, 4) is 6.07 Å². The summed E-state index contributed by atoms with van der Waals surface area (Å²) in [7, 11) is 0. The van der Waals surface area contributed by atoms with E-state index in [1.54, 1.807) is 0 Å². The van der Waals surface area contributed by atoms with E-state index in [2.05, 4.69) is 11.0 Å². The molecule has 0 saturated carbocycles. The number of nitrogens with zero attached hydrogens (tertiary/aromatic N) is 2. The standard InChI is InChI=1S/C13H16N2O2/c1-10-6-12(3-2-11(10)9-16)15-4-5-17-13(7-14)8-15/h2-3,6,13,16H,4-5,8-9H2,1H3. The highest BCUT2D eigenvalue weighted by Crippen LogP contribution is 2.21. The average molecular weight is 232 g/mol. The first-order valence-electron chi connectivity index (χ1n) is 5.71. The van der Waals surface area contributed by atoms with Crippen molar-refractivity contribution in [2.75, 3.05) is 24.6 Å². The van der Waals surface area contributed by atoms with Crippen LogP contribution < -0.4 is 4.90 Å². The summed E-state index contributed by atoms with van der Waals surface area (Å²) in [5, 5.41) is 18.0. The van der Waals surface area contributed by atoms with Gasteiger partial charge in [0.05, 0.1) is 25.8 Å². The molecule has 1 aliphatic heterocycles. The number of nitriles is 1. The van der Waals surface area contributed by atoms with Gasteiger partial charge in [-0.15, -0.1) is 0 Å². The second kappa shape index (κ2) is 5.17. The first-order valence-corrected chi connectivity index (χ1v) is 5.71. The lowest BCUT2D eigenvalue weighted by Gasteiger charge is -2.32. The van der Waals surface area contributed by atoms with Crippen LogP contribution in [0.15, 0.2) is 18.2 Å². The highest BCUT2D eigenvalue weighted by atomic mass is 16.5. The summed E-state index contributed by atoms with van der Waals surface area (Å²) < 4.78 is 5.31. The number of aliphatic hydroxyl groups excluding tert-OH is 1. The quantitative estimate of drug-likeness (QED) is 0.833. The molecule has 1 heterocycles. The Labute approximate surface area is 101 Å². The fourth-order valence-corrected chi connectivity index (χ4v) is 2.02. The van der Waals surface area contributed by atoms with E-state index in [9.17, 15) is 0 Å². The predicted molar refractivity (Wildman–Crippen MR) is 64.7 cm³/mol. The minimum Gasteiger partial charge on any atom is -0.392 e. The van der Waals surface area contributed by atoms with Gasteiger partial charge in [-0.25, -0.2) is 0 Å². The summed E-state index contributed by atoms with van der Waals surface area (Å²) in [5.74, 6) is 0. The van der Waals surface area contributed by atoms with Crippen LogP contribution in [0, 0.1) is 18.3 Å². The molecule has 0 aliphatic carbocycles. The molecule has 1 unspecified atom stereocenters. The van der Waals surface area contributed by atoms with Crippen molar-refractivity contribution in [2.24, 2.45) is 0 Å². The zero-order valence-electron chi connectivity index (χ0n) is 9.89. The van der Waals surface area contributed by atoms with Gasteiger partial charge in [-0.3, -0.25) is 0 Å². The van der Waals surface area contributed by atoms with Gasteiger partial charge in [0, 0.05) is 12.2 Å². The molecule has 1 atom stereocenters. The third kappa shape index (κ3) is 2.57. The second-order valence-electron chi connectivity index (χ2n) is 4.20. The van der Waals surface area contributed by atoms with E-state index < -0.39 is 0 Å². The number of rotatable bonds is 2. The first kappa shape index (κ1) is 11.9. The Morgan fingerprint density at radius 1 is 1.59 bits per heavy atom. The molecule has 0 aromatic heterocycles. The van der Waals surface area contributed by atoms with Crippen LogP contribution >= 0.6 is 0 Å². The van der Waals surface area contributed by atoms with Crippen LogP contribution in [-0.2, 0) is 11.3 Å². The monoisotopic (exact) mass is 232 g/mol. The number of benzene rings is 1. The highest BCUT2D eigenvalue weighted by Gasteiger charge is 2.20. The molecule has 0 radical (unpaired) electrons. The second-order valence-corrected chi connectivity index (χ2v) is 4.20. The molecule has 90 valence electrons. The lowest BCUT2D eigenvalue weighted by molar-refractivity contribution is 0.0764. The average Bonchev–Trinajstić information content (AvgIpc) is 2.38. The molecule has 1 saturated heterocycles. The Bertz CT molecular complexity index is 440. The predicted octanol–water partition coefficient (Wildman–Crippen LogP) is 1.22. The first-order chi connectivity index (χ1) is 8.24. The SMILES string of the molecule is Cc1cc(N2CCOC(C#N)C2)ccc1CO. The number of aliphatic hydroxyl groups is 1. The third-order valence-corrected chi connectivity index (χ3v) is 3.07. The lowest BCUT2D eigenvalue weighted by atomic mass is 10.1. The number of aryl methyl sites for hydroxylation is 1. The summed E-state index contributed by atoms with van der Waals surface area (Å²) in [5.41, 5.74) is 3.10. The van der Waals surface area contributed by atoms with E-state index in [1.165, 1.54) is 0 Å². The van der Waals surface area contributed by atoms with Crippen molar-refractivity contribution >= 4 is 5.69 Å². The van der Waals surface area contributed by atoms with E-state index >= 15 is 0 Å². The number of morpholine rings is 1. The van der Waals surface area contributed by atoms with Crippen molar-refractivity contribution in [1.82, 2.24) is 0 Å². The molecule has 0 spiro atoms. The maximum Gasteiger partial charge on any atom is 0.161 e. The molecule has 4 heteroatoms. The van der Waals surface area contributed by atoms with Gasteiger partial charge in [-0.05, 0) is 30.2 Å². The third-order valence-electron chi connectivity index (χ3n) is 3.07. The van der Waals surface area contributed by atoms with Crippen LogP contribution in [0.4, 0.5) is 5.69 Å². The van der Waals surface area contributed by atoms with Gasteiger partial charge in [0.1, 0.15) is 0 Å². The molecule has 1 aliphatic rings. The van der Waals surface area contributed by atoms with Gasteiger partial charge in [0.15, 0.2) is 6.10 Å². The molecule has 1 N–H and O–H groups in total. The van der Waals surface area contributed by atoms with Gasteiger partial charge in [0.25, 0.3) is 0 Å². The molecule has 0 amide bonds. The zero-order valence-corrected chi connectivity index (χ0v) is 9.89. The van der Waals surface area contributed by atoms with Crippen LogP contribution in [0.1, 0.15) is 11.1 Å². The van der Waals surface area contributed by atoms with Crippen molar-refractivity contribution in [3.63, 3.8) is 0 Å². The number of hydrogen-bond donors (Lipinski definition) is 1. The Balaban J connectivity index is 2.17. The van der Waals surface area contributed by atoms with E-state index in [0.29, 0.717) is 13.2 Å². The van der Waals surface area contributed by atoms with Gasteiger partial charge >= 0.3 is 0 Å². The van der Waals surface area contributed by atoms with Crippen LogP contribution in [0.25, 0.3) is 0 Å². The topological polar surface area (TPSA) is 56.5 Å². The Kier molecular flexibility index (Phi) is 3.62. The maximum atomic E-state index is 9.12. The molecule has 1 fully saturated rings. The van der Waals surface area contributed by atoms with Crippen molar-refractivity contribution in [3.05, 3.63) is 29.3 Å². The smallest absolute Gasteiger partial charge is 0.161 e. The molecule has 1 aromatic rings. The zero-order chi connectivity index (χ0) is 12.3. The van der Waals surface area contributed by atoms with Crippen LogP contribution in [0.5, 0.6) is 0 Å². The fraction of sp³-hybridized carbons (Fsp3) is 0.462. The minimum atomic E-state index is -0.346. The Morgan fingerprint density at radius 3 is 3.06 bits per heavy atom. The summed E-state index contributed by atoms with van der Waals surface area (Å²) in [6.45, 7) is 4.04. The Morgan fingerprint density at radius 2 is 2.41 bits per heavy atom. The van der Waals surface area contributed by atoms with Crippen molar-refractivity contribution in [1.29, 1.82) is 5.26 Å². The highest BCUT2D eigenvalue weighted by molar-refractivity contribution is 5.51. The molecule has 2 rings (SSSR count). The number of ether oxygens (including phenoxy) is 1. The van der Waals surface area contributed by atoms with Crippen molar-refractivity contribution < 1.29 is 9.84 Å². The van der Waals surface area contributed by atoms with Gasteiger partial charge in [-0.2, -0.15) is 5.26 Å². The van der Waals surface area contributed by atoms with Gasteiger partial charge in [-0.1, -0.05) is 6.07 Å².